The number of aromatic amines is 1. The fourth-order valence-electron chi connectivity index (χ4n) is 2.51. The molecule has 8 heteroatoms. The lowest BCUT2D eigenvalue weighted by Gasteiger charge is -2.10. The van der Waals surface area contributed by atoms with E-state index in [9.17, 15) is 18.0 Å². The van der Waals surface area contributed by atoms with E-state index in [1.807, 2.05) is 13.0 Å². The molecular formula is C17H22N2O5S. The van der Waals surface area contributed by atoms with Crippen LogP contribution in [0.2, 0.25) is 0 Å². The van der Waals surface area contributed by atoms with Crippen molar-refractivity contribution in [3.63, 3.8) is 0 Å². The summed E-state index contributed by atoms with van der Waals surface area (Å²) in [5.41, 5.74) is 1.97. The van der Waals surface area contributed by atoms with E-state index < -0.39 is 9.84 Å². The molecule has 0 saturated carbocycles. The van der Waals surface area contributed by atoms with Crippen molar-refractivity contribution in [3.05, 3.63) is 39.7 Å². The van der Waals surface area contributed by atoms with Crippen molar-refractivity contribution >= 4 is 26.6 Å². The predicted molar refractivity (Wildman–Crippen MR) is 96.9 cm³/mol. The van der Waals surface area contributed by atoms with Crippen LogP contribution in [-0.2, 0) is 21.1 Å². The summed E-state index contributed by atoms with van der Waals surface area (Å²) >= 11 is 0. The van der Waals surface area contributed by atoms with Gasteiger partial charge in [-0.05, 0) is 31.0 Å². The van der Waals surface area contributed by atoms with Gasteiger partial charge < -0.3 is 15.0 Å². The Labute approximate surface area is 146 Å². The molecule has 0 spiro atoms. The average Bonchev–Trinajstić information content (AvgIpc) is 2.54. The van der Waals surface area contributed by atoms with Crippen LogP contribution in [-0.4, -0.2) is 45.0 Å². The van der Waals surface area contributed by atoms with Crippen molar-refractivity contribution in [3.8, 4) is 5.75 Å². The summed E-state index contributed by atoms with van der Waals surface area (Å²) in [6.07, 6.45) is 1.36. The van der Waals surface area contributed by atoms with Crippen LogP contribution in [0.5, 0.6) is 5.75 Å². The van der Waals surface area contributed by atoms with Crippen molar-refractivity contribution in [1.82, 2.24) is 10.3 Å². The number of carbonyl (C=O) groups is 1. The SMILES string of the molecule is COc1ccc(C)c2cc(CCNC(=O)CCS(C)(=O)=O)c(=O)[nH]c12. The number of pyridine rings is 1. The third-order valence-electron chi connectivity index (χ3n) is 3.91. The molecule has 0 saturated heterocycles. The Kier molecular flexibility index (Phi) is 5.84. The number of ether oxygens (including phenoxy) is 1. The van der Waals surface area contributed by atoms with E-state index in [4.69, 9.17) is 4.74 Å². The molecule has 1 aromatic heterocycles. The highest BCUT2D eigenvalue weighted by Gasteiger charge is 2.11. The highest BCUT2D eigenvalue weighted by molar-refractivity contribution is 7.90. The van der Waals surface area contributed by atoms with Gasteiger partial charge in [0.2, 0.25) is 5.91 Å². The van der Waals surface area contributed by atoms with Gasteiger partial charge in [-0.3, -0.25) is 9.59 Å². The van der Waals surface area contributed by atoms with Crippen LogP contribution in [0.4, 0.5) is 0 Å². The molecule has 2 rings (SSSR count). The van der Waals surface area contributed by atoms with E-state index in [0.29, 0.717) is 23.3 Å². The summed E-state index contributed by atoms with van der Waals surface area (Å²) in [6, 6.07) is 5.51. The Morgan fingerprint density at radius 2 is 2.04 bits per heavy atom. The third kappa shape index (κ3) is 5.06. The van der Waals surface area contributed by atoms with E-state index in [1.54, 1.807) is 19.2 Å². The number of amides is 1. The maximum Gasteiger partial charge on any atom is 0.251 e. The fourth-order valence-corrected chi connectivity index (χ4v) is 3.07. The smallest absolute Gasteiger partial charge is 0.251 e. The second-order valence-corrected chi connectivity index (χ2v) is 8.24. The van der Waals surface area contributed by atoms with Gasteiger partial charge in [0, 0.05) is 30.2 Å². The number of sulfone groups is 1. The van der Waals surface area contributed by atoms with Gasteiger partial charge in [-0.2, -0.15) is 0 Å². The largest absolute Gasteiger partial charge is 0.495 e. The summed E-state index contributed by atoms with van der Waals surface area (Å²) in [7, 11) is -1.62. The molecule has 0 aliphatic rings. The quantitative estimate of drug-likeness (QED) is 0.759. The number of fused-ring (bicyclic) bond motifs is 1. The normalized spacial score (nSPS) is 11.5. The Bertz CT molecular complexity index is 947. The van der Waals surface area contributed by atoms with Gasteiger partial charge in [-0.1, -0.05) is 6.07 Å². The van der Waals surface area contributed by atoms with Crippen molar-refractivity contribution in [2.24, 2.45) is 0 Å². The lowest BCUT2D eigenvalue weighted by atomic mass is 10.1. The summed E-state index contributed by atoms with van der Waals surface area (Å²) in [6.45, 7) is 2.21. The molecule has 7 nitrogen and oxygen atoms in total. The number of aryl methyl sites for hydroxylation is 1. The lowest BCUT2D eigenvalue weighted by molar-refractivity contribution is -0.120. The summed E-state index contributed by atoms with van der Waals surface area (Å²) in [4.78, 5) is 26.7. The minimum absolute atomic E-state index is 0.0801. The molecule has 0 fully saturated rings. The summed E-state index contributed by atoms with van der Waals surface area (Å²) in [5.74, 6) is 0.0628. The number of H-pyrrole nitrogens is 1. The van der Waals surface area contributed by atoms with Gasteiger partial charge >= 0.3 is 0 Å². The number of methoxy groups -OCH3 is 1. The minimum Gasteiger partial charge on any atom is -0.495 e. The molecule has 1 aromatic carbocycles. The van der Waals surface area contributed by atoms with Crippen molar-refractivity contribution < 1.29 is 17.9 Å². The second-order valence-electron chi connectivity index (χ2n) is 5.98. The first kappa shape index (κ1) is 19.0. The second kappa shape index (κ2) is 7.69. The Morgan fingerprint density at radius 1 is 1.32 bits per heavy atom. The molecule has 0 bridgehead atoms. The van der Waals surface area contributed by atoms with Gasteiger partial charge in [-0.15, -0.1) is 0 Å². The molecule has 2 N–H and O–H groups in total. The first-order valence-electron chi connectivity index (χ1n) is 7.85. The van der Waals surface area contributed by atoms with Crippen LogP contribution in [0, 0.1) is 6.92 Å². The monoisotopic (exact) mass is 366 g/mol. The molecule has 0 radical (unpaired) electrons. The van der Waals surface area contributed by atoms with Gasteiger partial charge in [-0.25, -0.2) is 8.42 Å². The Balaban J connectivity index is 2.09. The maximum atomic E-state index is 12.2. The van der Waals surface area contributed by atoms with Gasteiger partial charge in [0.15, 0.2) is 0 Å². The van der Waals surface area contributed by atoms with Crippen LogP contribution in [0.15, 0.2) is 23.0 Å². The zero-order chi connectivity index (χ0) is 18.6. The van der Waals surface area contributed by atoms with Crippen LogP contribution >= 0.6 is 0 Å². The molecule has 0 aliphatic carbocycles. The van der Waals surface area contributed by atoms with Crippen molar-refractivity contribution in [2.75, 3.05) is 25.7 Å². The Hall–Kier alpha value is -2.35. The van der Waals surface area contributed by atoms with E-state index in [-0.39, 0.29) is 30.2 Å². The summed E-state index contributed by atoms with van der Waals surface area (Å²) in [5, 5.41) is 3.52. The number of rotatable bonds is 7. The number of hydrogen-bond acceptors (Lipinski definition) is 5. The van der Waals surface area contributed by atoms with Crippen LogP contribution in [0.3, 0.4) is 0 Å². The van der Waals surface area contributed by atoms with Gasteiger partial charge in [0.25, 0.3) is 5.56 Å². The standard InChI is InChI=1S/C17H22N2O5S/c1-11-4-5-14(24-2)16-13(11)10-12(17(21)19-16)6-8-18-15(20)7-9-25(3,22)23/h4-5,10H,6-9H2,1-3H3,(H,18,20)(H,19,21). The van der Waals surface area contributed by atoms with E-state index in [1.165, 1.54) is 0 Å². The van der Waals surface area contributed by atoms with Crippen LogP contribution in [0.1, 0.15) is 17.5 Å². The molecule has 0 aliphatic heterocycles. The Morgan fingerprint density at radius 3 is 2.68 bits per heavy atom. The number of nitrogens with one attached hydrogen (secondary N) is 2. The highest BCUT2D eigenvalue weighted by atomic mass is 32.2. The van der Waals surface area contributed by atoms with E-state index >= 15 is 0 Å². The number of carbonyl (C=O) groups excluding carboxylic acids is 1. The highest BCUT2D eigenvalue weighted by Crippen LogP contribution is 2.25. The van der Waals surface area contributed by atoms with Crippen LogP contribution in [0.25, 0.3) is 10.9 Å². The van der Waals surface area contributed by atoms with Gasteiger partial charge in [0.05, 0.1) is 18.4 Å². The average molecular weight is 366 g/mol. The first-order chi connectivity index (χ1) is 11.7. The maximum absolute atomic E-state index is 12.2. The predicted octanol–water partition coefficient (Wildman–Crippen LogP) is 0.939. The minimum atomic E-state index is -3.17. The molecular weight excluding hydrogens is 344 g/mol. The number of hydrogen-bond donors (Lipinski definition) is 2. The molecule has 136 valence electrons. The molecule has 0 atom stereocenters. The molecule has 0 unspecified atom stereocenters. The topological polar surface area (TPSA) is 105 Å². The van der Waals surface area contributed by atoms with Crippen LogP contribution < -0.4 is 15.6 Å². The number of aromatic nitrogens is 1. The van der Waals surface area contributed by atoms with Gasteiger partial charge in [0.1, 0.15) is 15.6 Å². The molecule has 2 aromatic rings. The van der Waals surface area contributed by atoms with E-state index in [2.05, 4.69) is 10.3 Å². The van der Waals surface area contributed by atoms with Crippen molar-refractivity contribution in [1.29, 1.82) is 0 Å². The third-order valence-corrected chi connectivity index (χ3v) is 4.86. The lowest BCUT2D eigenvalue weighted by Crippen LogP contribution is -2.28. The van der Waals surface area contributed by atoms with E-state index in [0.717, 1.165) is 17.2 Å². The van der Waals surface area contributed by atoms with Crippen molar-refractivity contribution in [2.45, 2.75) is 19.8 Å². The summed E-state index contributed by atoms with van der Waals surface area (Å²) < 4.78 is 27.4. The fraction of sp³-hybridized carbons (Fsp3) is 0.412. The first-order valence-corrected chi connectivity index (χ1v) is 9.91. The zero-order valence-electron chi connectivity index (χ0n) is 14.5. The molecule has 1 amide bonds. The zero-order valence-corrected chi connectivity index (χ0v) is 15.3. The number of benzene rings is 1. The molecule has 1 heterocycles. The molecule has 25 heavy (non-hydrogen) atoms.